The van der Waals surface area contributed by atoms with Crippen molar-refractivity contribution in [3.63, 3.8) is 0 Å². The van der Waals surface area contributed by atoms with E-state index in [1.165, 1.54) is 12.1 Å². The zero-order chi connectivity index (χ0) is 12.9. The van der Waals surface area contributed by atoms with Gasteiger partial charge in [0, 0.05) is 34.1 Å². The van der Waals surface area contributed by atoms with Crippen LogP contribution in [0.15, 0.2) is 22.7 Å². The number of anilines is 1. The van der Waals surface area contributed by atoms with Crippen molar-refractivity contribution in [3.05, 3.63) is 28.5 Å². The highest BCUT2D eigenvalue weighted by molar-refractivity contribution is 9.10. The van der Waals surface area contributed by atoms with Crippen LogP contribution in [0.2, 0.25) is 0 Å². The Kier molecular flexibility index (Phi) is 2.90. The minimum Gasteiger partial charge on any atom is -0.380 e. The van der Waals surface area contributed by atoms with Crippen LogP contribution < -0.4 is 5.32 Å². The smallest absolute Gasteiger partial charge is 0.124 e. The zero-order valence-electron chi connectivity index (χ0n) is 10.5. The lowest BCUT2D eigenvalue weighted by Crippen LogP contribution is -2.63. The first kappa shape index (κ1) is 12.4. The van der Waals surface area contributed by atoms with Gasteiger partial charge in [-0.15, -0.1) is 0 Å². The highest BCUT2D eigenvalue weighted by Crippen LogP contribution is 2.53. The number of nitrogens with one attached hydrogen (secondary N) is 1. The molecule has 1 saturated carbocycles. The summed E-state index contributed by atoms with van der Waals surface area (Å²) in [6, 6.07) is 5.17. The Hall–Kier alpha value is -0.610. The molecule has 1 aliphatic heterocycles. The van der Waals surface area contributed by atoms with Gasteiger partial charge in [0.15, 0.2) is 0 Å². The van der Waals surface area contributed by atoms with Crippen molar-refractivity contribution < 1.29 is 9.13 Å². The molecule has 2 fully saturated rings. The lowest BCUT2D eigenvalue weighted by molar-refractivity contribution is -0.0923. The van der Waals surface area contributed by atoms with Gasteiger partial charge < -0.3 is 10.1 Å². The molecule has 1 aromatic carbocycles. The van der Waals surface area contributed by atoms with E-state index in [-0.39, 0.29) is 11.2 Å². The summed E-state index contributed by atoms with van der Waals surface area (Å²) in [6.45, 7) is 5.32. The molecule has 0 bridgehead atoms. The van der Waals surface area contributed by atoms with E-state index in [1.807, 2.05) is 0 Å². The van der Waals surface area contributed by atoms with E-state index in [1.54, 1.807) is 6.07 Å². The summed E-state index contributed by atoms with van der Waals surface area (Å²) in [5.41, 5.74) is 1.09. The van der Waals surface area contributed by atoms with E-state index in [0.29, 0.717) is 18.1 Å². The van der Waals surface area contributed by atoms with Gasteiger partial charge >= 0.3 is 0 Å². The molecule has 2 aliphatic rings. The van der Waals surface area contributed by atoms with Crippen LogP contribution in [0.4, 0.5) is 10.1 Å². The Morgan fingerprint density at radius 1 is 1.44 bits per heavy atom. The minimum atomic E-state index is -0.220. The van der Waals surface area contributed by atoms with Crippen LogP contribution in [-0.2, 0) is 4.74 Å². The van der Waals surface area contributed by atoms with Gasteiger partial charge in [0.05, 0.1) is 6.10 Å². The first-order valence-electron chi connectivity index (χ1n) is 6.33. The van der Waals surface area contributed by atoms with Crippen molar-refractivity contribution in [1.82, 2.24) is 0 Å². The predicted molar refractivity (Wildman–Crippen MR) is 73.1 cm³/mol. The van der Waals surface area contributed by atoms with E-state index < -0.39 is 0 Å². The van der Waals surface area contributed by atoms with Crippen LogP contribution in [0.1, 0.15) is 20.3 Å². The maximum absolute atomic E-state index is 13.1. The molecular weight excluding hydrogens is 297 g/mol. The fourth-order valence-corrected chi connectivity index (χ4v) is 3.86. The van der Waals surface area contributed by atoms with Crippen molar-refractivity contribution in [2.75, 3.05) is 11.9 Å². The normalized spacial score (nSPS) is 32.8. The van der Waals surface area contributed by atoms with E-state index in [4.69, 9.17) is 4.74 Å². The Morgan fingerprint density at radius 3 is 2.94 bits per heavy atom. The monoisotopic (exact) mass is 313 g/mol. The number of benzene rings is 1. The lowest BCUT2D eigenvalue weighted by Gasteiger charge is -2.55. The van der Waals surface area contributed by atoms with E-state index >= 15 is 0 Å². The Balaban J connectivity index is 1.80. The van der Waals surface area contributed by atoms with E-state index in [0.717, 1.165) is 23.2 Å². The molecule has 1 aromatic rings. The van der Waals surface area contributed by atoms with Crippen molar-refractivity contribution in [1.29, 1.82) is 0 Å². The molecule has 2 nitrogen and oxygen atoms in total. The number of hydrogen-bond donors (Lipinski definition) is 1. The number of ether oxygens (including phenoxy) is 1. The topological polar surface area (TPSA) is 21.3 Å². The average Bonchev–Trinajstić information content (AvgIpc) is 2.74. The first-order valence-corrected chi connectivity index (χ1v) is 7.12. The average molecular weight is 314 g/mol. The summed E-state index contributed by atoms with van der Waals surface area (Å²) in [7, 11) is 0. The van der Waals surface area contributed by atoms with Gasteiger partial charge in [-0.2, -0.15) is 0 Å². The Bertz CT molecular complexity index is 477. The maximum Gasteiger partial charge on any atom is 0.124 e. The molecule has 4 heteroatoms. The number of halogens is 2. The van der Waals surface area contributed by atoms with Crippen LogP contribution in [0.5, 0.6) is 0 Å². The SMILES string of the molecule is CC1(C)C(Nc2ccc(F)cc2Br)C2CCOC21. The molecular formula is C14H17BrFNO. The summed E-state index contributed by atoms with van der Waals surface area (Å²) in [5, 5.41) is 3.54. The fourth-order valence-electron chi connectivity index (χ4n) is 3.39. The molecule has 3 unspecified atom stereocenters. The second-order valence-corrected chi connectivity index (χ2v) is 6.67. The number of fused-ring (bicyclic) bond motifs is 1. The molecule has 0 amide bonds. The Labute approximate surface area is 115 Å². The zero-order valence-corrected chi connectivity index (χ0v) is 12.1. The third kappa shape index (κ3) is 1.77. The molecule has 3 atom stereocenters. The van der Waals surface area contributed by atoms with Crippen LogP contribution in [0.25, 0.3) is 0 Å². The lowest BCUT2D eigenvalue weighted by atomic mass is 9.57. The number of rotatable bonds is 2. The summed E-state index contributed by atoms with van der Waals surface area (Å²) in [6.07, 6.45) is 1.49. The largest absolute Gasteiger partial charge is 0.380 e. The predicted octanol–water partition coefficient (Wildman–Crippen LogP) is 3.81. The molecule has 3 rings (SSSR count). The third-order valence-electron chi connectivity index (χ3n) is 4.34. The van der Waals surface area contributed by atoms with Gasteiger partial charge in [0.1, 0.15) is 5.82 Å². The van der Waals surface area contributed by atoms with Crippen LogP contribution >= 0.6 is 15.9 Å². The quantitative estimate of drug-likeness (QED) is 0.896. The maximum atomic E-state index is 13.1. The molecule has 0 spiro atoms. The third-order valence-corrected chi connectivity index (χ3v) is 5.00. The van der Waals surface area contributed by atoms with E-state index in [9.17, 15) is 4.39 Å². The Morgan fingerprint density at radius 2 is 2.22 bits per heavy atom. The summed E-state index contributed by atoms with van der Waals surface area (Å²) in [4.78, 5) is 0. The number of hydrogen-bond acceptors (Lipinski definition) is 2. The summed E-state index contributed by atoms with van der Waals surface area (Å²) >= 11 is 3.41. The molecule has 1 heterocycles. The van der Waals surface area contributed by atoms with Gasteiger partial charge in [0.2, 0.25) is 0 Å². The van der Waals surface area contributed by atoms with Crippen LogP contribution in [-0.4, -0.2) is 18.8 Å². The second-order valence-electron chi connectivity index (χ2n) is 5.81. The van der Waals surface area contributed by atoms with Crippen molar-refractivity contribution in [2.24, 2.45) is 11.3 Å². The molecule has 18 heavy (non-hydrogen) atoms. The van der Waals surface area contributed by atoms with Gasteiger partial charge in [0.25, 0.3) is 0 Å². The van der Waals surface area contributed by atoms with Crippen molar-refractivity contribution >= 4 is 21.6 Å². The fraction of sp³-hybridized carbons (Fsp3) is 0.571. The summed E-state index contributed by atoms with van der Waals surface area (Å²) in [5.74, 6) is 0.360. The second kappa shape index (κ2) is 4.20. The first-order chi connectivity index (χ1) is 8.50. The molecule has 1 aliphatic carbocycles. The van der Waals surface area contributed by atoms with Crippen LogP contribution in [0, 0.1) is 17.2 Å². The molecule has 98 valence electrons. The minimum absolute atomic E-state index is 0.134. The van der Waals surface area contributed by atoms with Crippen molar-refractivity contribution in [3.8, 4) is 0 Å². The highest BCUT2D eigenvalue weighted by atomic mass is 79.9. The van der Waals surface area contributed by atoms with Gasteiger partial charge in [-0.3, -0.25) is 0 Å². The van der Waals surface area contributed by atoms with Crippen LogP contribution in [0.3, 0.4) is 0 Å². The highest BCUT2D eigenvalue weighted by Gasteiger charge is 2.59. The van der Waals surface area contributed by atoms with Crippen molar-refractivity contribution in [2.45, 2.75) is 32.4 Å². The standard InChI is InChI=1S/C14H17BrFNO/c1-14(2)12(9-5-6-18-13(9)14)17-11-4-3-8(16)7-10(11)15/h3-4,7,9,12-13,17H,5-6H2,1-2H3. The van der Waals surface area contributed by atoms with Gasteiger partial charge in [-0.25, -0.2) is 4.39 Å². The molecule has 1 saturated heterocycles. The van der Waals surface area contributed by atoms with E-state index in [2.05, 4.69) is 35.1 Å². The van der Waals surface area contributed by atoms with Gasteiger partial charge in [-0.1, -0.05) is 13.8 Å². The summed E-state index contributed by atoms with van der Waals surface area (Å²) < 4.78 is 19.6. The molecule has 0 radical (unpaired) electrons. The molecule has 1 N–H and O–H groups in total. The molecule has 0 aromatic heterocycles. The van der Waals surface area contributed by atoms with Gasteiger partial charge in [-0.05, 0) is 40.5 Å².